The monoisotopic (exact) mass is 219 g/mol. The Hall–Kier alpha value is -0.130. The molecule has 0 radical (unpaired) electrons. The summed E-state index contributed by atoms with van der Waals surface area (Å²) < 4.78 is 28.1. The summed E-state index contributed by atoms with van der Waals surface area (Å²) in [4.78, 5) is 0. The summed E-state index contributed by atoms with van der Waals surface area (Å²) in [6.45, 7) is 2.92. The van der Waals surface area contributed by atoms with E-state index in [0.29, 0.717) is 17.4 Å². The summed E-state index contributed by atoms with van der Waals surface area (Å²) in [6, 6.07) is 0. The molecule has 0 spiro atoms. The molecule has 5 heteroatoms. The Balaban J connectivity index is 1.89. The van der Waals surface area contributed by atoms with Gasteiger partial charge < -0.3 is 4.74 Å². The molecule has 2 fully saturated rings. The first-order valence-corrected chi connectivity index (χ1v) is 6.98. The Bertz CT molecular complexity index is 287. The molecule has 2 aliphatic heterocycles. The van der Waals surface area contributed by atoms with Gasteiger partial charge in [-0.3, -0.25) is 5.32 Å². The second-order valence-electron chi connectivity index (χ2n) is 4.26. The van der Waals surface area contributed by atoms with E-state index in [9.17, 15) is 8.42 Å². The van der Waals surface area contributed by atoms with E-state index in [1.807, 2.05) is 6.92 Å². The van der Waals surface area contributed by atoms with Gasteiger partial charge in [0, 0.05) is 12.5 Å². The van der Waals surface area contributed by atoms with E-state index in [4.69, 9.17) is 4.74 Å². The van der Waals surface area contributed by atoms with E-state index < -0.39 is 9.84 Å². The number of hydrogen-bond acceptors (Lipinski definition) is 4. The maximum Gasteiger partial charge on any atom is 0.150 e. The SMILES string of the molecule is CC1CNC(C2CCS(=O)(=O)CC2)O1. The highest BCUT2D eigenvalue weighted by Crippen LogP contribution is 2.25. The predicted molar refractivity (Wildman–Crippen MR) is 53.7 cm³/mol. The highest BCUT2D eigenvalue weighted by atomic mass is 32.2. The Labute approximate surface area is 84.9 Å². The van der Waals surface area contributed by atoms with E-state index in [1.165, 1.54) is 0 Å². The molecule has 4 nitrogen and oxygen atoms in total. The molecule has 2 rings (SSSR count). The van der Waals surface area contributed by atoms with Gasteiger partial charge in [-0.15, -0.1) is 0 Å². The third-order valence-electron chi connectivity index (χ3n) is 3.01. The van der Waals surface area contributed by atoms with Crippen LogP contribution in [0.2, 0.25) is 0 Å². The fourth-order valence-electron chi connectivity index (χ4n) is 2.12. The van der Waals surface area contributed by atoms with Crippen molar-refractivity contribution in [2.75, 3.05) is 18.1 Å². The lowest BCUT2D eigenvalue weighted by molar-refractivity contribution is 0.00984. The lowest BCUT2D eigenvalue weighted by atomic mass is 10.0. The third kappa shape index (κ3) is 2.27. The molecule has 0 aliphatic carbocycles. The Morgan fingerprint density at radius 1 is 1.29 bits per heavy atom. The molecule has 0 saturated carbocycles. The molecule has 2 saturated heterocycles. The van der Waals surface area contributed by atoms with Crippen molar-refractivity contribution >= 4 is 9.84 Å². The van der Waals surface area contributed by atoms with Gasteiger partial charge in [0.2, 0.25) is 0 Å². The largest absolute Gasteiger partial charge is 0.359 e. The normalized spacial score (nSPS) is 38.6. The van der Waals surface area contributed by atoms with Gasteiger partial charge in [-0.25, -0.2) is 8.42 Å². The topological polar surface area (TPSA) is 55.4 Å². The van der Waals surface area contributed by atoms with Crippen LogP contribution in [0.15, 0.2) is 0 Å². The van der Waals surface area contributed by atoms with Crippen LogP contribution in [0.1, 0.15) is 19.8 Å². The number of hydrogen-bond donors (Lipinski definition) is 1. The number of nitrogens with one attached hydrogen (secondary N) is 1. The van der Waals surface area contributed by atoms with Crippen molar-refractivity contribution in [2.45, 2.75) is 32.1 Å². The Kier molecular flexibility index (Phi) is 2.81. The highest BCUT2D eigenvalue weighted by Gasteiger charge is 2.33. The average Bonchev–Trinajstić information content (AvgIpc) is 2.52. The summed E-state index contributed by atoms with van der Waals surface area (Å²) in [5.41, 5.74) is 0. The molecule has 2 unspecified atom stereocenters. The Morgan fingerprint density at radius 2 is 1.93 bits per heavy atom. The van der Waals surface area contributed by atoms with Crippen LogP contribution in [0.4, 0.5) is 0 Å². The molecule has 0 aromatic rings. The molecule has 2 heterocycles. The second kappa shape index (κ2) is 3.79. The zero-order valence-electron chi connectivity index (χ0n) is 8.40. The molecule has 0 bridgehead atoms. The quantitative estimate of drug-likeness (QED) is 0.682. The zero-order chi connectivity index (χ0) is 10.2. The van der Waals surface area contributed by atoms with E-state index in [0.717, 1.165) is 19.4 Å². The summed E-state index contributed by atoms with van der Waals surface area (Å²) in [5.74, 6) is 1.03. The van der Waals surface area contributed by atoms with Crippen molar-refractivity contribution in [1.82, 2.24) is 5.32 Å². The fourth-order valence-corrected chi connectivity index (χ4v) is 3.65. The highest BCUT2D eigenvalue weighted by molar-refractivity contribution is 7.91. The van der Waals surface area contributed by atoms with Gasteiger partial charge in [-0.05, 0) is 19.8 Å². The molecule has 2 atom stereocenters. The van der Waals surface area contributed by atoms with E-state index in [-0.39, 0.29) is 12.3 Å². The minimum absolute atomic E-state index is 0.0838. The van der Waals surface area contributed by atoms with Crippen molar-refractivity contribution in [2.24, 2.45) is 5.92 Å². The smallest absolute Gasteiger partial charge is 0.150 e. The van der Waals surface area contributed by atoms with Crippen molar-refractivity contribution in [3.05, 3.63) is 0 Å². The van der Waals surface area contributed by atoms with Gasteiger partial charge in [-0.2, -0.15) is 0 Å². The standard InChI is InChI=1S/C9H17NO3S/c1-7-6-10-9(13-7)8-2-4-14(11,12)5-3-8/h7-10H,2-6H2,1H3. The lowest BCUT2D eigenvalue weighted by Gasteiger charge is -2.26. The molecule has 0 aromatic carbocycles. The molecule has 0 aromatic heterocycles. The summed E-state index contributed by atoms with van der Waals surface area (Å²) in [5, 5.41) is 3.29. The summed E-state index contributed by atoms with van der Waals surface area (Å²) in [6.07, 6.45) is 1.83. The maximum atomic E-state index is 11.2. The first kappa shape index (κ1) is 10.4. The van der Waals surface area contributed by atoms with E-state index in [2.05, 4.69) is 5.32 Å². The van der Waals surface area contributed by atoms with E-state index >= 15 is 0 Å². The average molecular weight is 219 g/mol. The fraction of sp³-hybridized carbons (Fsp3) is 1.00. The molecular weight excluding hydrogens is 202 g/mol. The van der Waals surface area contributed by atoms with Crippen LogP contribution >= 0.6 is 0 Å². The van der Waals surface area contributed by atoms with Gasteiger partial charge in [0.25, 0.3) is 0 Å². The van der Waals surface area contributed by atoms with Crippen LogP contribution in [-0.2, 0) is 14.6 Å². The second-order valence-corrected chi connectivity index (χ2v) is 6.57. The molecule has 2 aliphatic rings. The zero-order valence-corrected chi connectivity index (χ0v) is 9.22. The van der Waals surface area contributed by atoms with Crippen LogP contribution in [0.25, 0.3) is 0 Å². The Morgan fingerprint density at radius 3 is 2.43 bits per heavy atom. The van der Waals surface area contributed by atoms with Gasteiger partial charge in [0.1, 0.15) is 16.1 Å². The van der Waals surface area contributed by atoms with Crippen molar-refractivity contribution in [3.63, 3.8) is 0 Å². The number of sulfone groups is 1. The van der Waals surface area contributed by atoms with Gasteiger partial charge in [0.15, 0.2) is 0 Å². The van der Waals surface area contributed by atoms with Crippen molar-refractivity contribution in [1.29, 1.82) is 0 Å². The minimum Gasteiger partial charge on any atom is -0.359 e. The minimum atomic E-state index is -2.74. The first-order chi connectivity index (χ1) is 6.57. The molecule has 82 valence electrons. The summed E-state index contributed by atoms with van der Waals surface area (Å²) >= 11 is 0. The van der Waals surface area contributed by atoms with Gasteiger partial charge in [-0.1, -0.05) is 0 Å². The van der Waals surface area contributed by atoms with Gasteiger partial charge >= 0.3 is 0 Å². The third-order valence-corrected chi connectivity index (χ3v) is 4.73. The molecule has 14 heavy (non-hydrogen) atoms. The van der Waals surface area contributed by atoms with Crippen LogP contribution in [0.3, 0.4) is 0 Å². The first-order valence-electron chi connectivity index (χ1n) is 5.16. The maximum absolute atomic E-state index is 11.2. The van der Waals surface area contributed by atoms with Crippen molar-refractivity contribution < 1.29 is 13.2 Å². The van der Waals surface area contributed by atoms with Gasteiger partial charge in [0.05, 0.1) is 17.6 Å². The van der Waals surface area contributed by atoms with Crippen LogP contribution in [0.5, 0.6) is 0 Å². The van der Waals surface area contributed by atoms with Crippen LogP contribution in [-0.4, -0.2) is 38.8 Å². The van der Waals surface area contributed by atoms with Crippen LogP contribution < -0.4 is 5.32 Å². The molecular formula is C9H17NO3S. The van der Waals surface area contributed by atoms with Crippen LogP contribution in [0, 0.1) is 5.92 Å². The van der Waals surface area contributed by atoms with E-state index in [1.54, 1.807) is 0 Å². The number of rotatable bonds is 1. The predicted octanol–water partition coefficient (Wildman–Crippen LogP) is 0.146. The molecule has 1 N–H and O–H groups in total. The summed E-state index contributed by atoms with van der Waals surface area (Å²) in [7, 11) is -2.74. The van der Waals surface area contributed by atoms with Crippen molar-refractivity contribution in [3.8, 4) is 0 Å². The number of ether oxygens (including phenoxy) is 1. The lowest BCUT2D eigenvalue weighted by Crippen LogP contribution is -2.37. The molecule has 0 amide bonds.